The molecule has 1 N–H and O–H groups in total. The van der Waals surface area contributed by atoms with Crippen molar-refractivity contribution in [1.29, 1.82) is 5.26 Å². The van der Waals surface area contributed by atoms with Crippen LogP contribution in [0.1, 0.15) is 19.4 Å². The number of nitrogens with one attached hydrogen (secondary N) is 1. The van der Waals surface area contributed by atoms with Crippen LogP contribution >= 0.6 is 23.2 Å². The van der Waals surface area contributed by atoms with Crippen molar-refractivity contribution in [1.82, 2.24) is 0 Å². The maximum absolute atomic E-state index is 12.4. The molecule has 2 aromatic carbocycles. The highest BCUT2D eigenvalue weighted by Gasteiger charge is 2.13. The van der Waals surface area contributed by atoms with Crippen LogP contribution in [0, 0.1) is 11.3 Å². The first-order valence-corrected chi connectivity index (χ1v) is 8.30. The van der Waals surface area contributed by atoms with Gasteiger partial charge in [-0.1, -0.05) is 41.4 Å². The lowest BCUT2D eigenvalue weighted by molar-refractivity contribution is -0.112. The standard InChI is InChI=1S/C19H16Cl2N2O2/c1-12(2)25-18-6-4-3-5-13(18)9-14(11-22)19(24)23-17-10-15(20)7-8-16(17)21/h3-10,12H,1-2H3,(H,23,24)/b14-9-. The van der Waals surface area contributed by atoms with Gasteiger partial charge >= 0.3 is 0 Å². The average molecular weight is 375 g/mol. The van der Waals surface area contributed by atoms with Crippen molar-refractivity contribution in [3.05, 3.63) is 63.6 Å². The van der Waals surface area contributed by atoms with Crippen molar-refractivity contribution in [3.63, 3.8) is 0 Å². The molecule has 0 aromatic heterocycles. The van der Waals surface area contributed by atoms with Gasteiger partial charge in [-0.25, -0.2) is 0 Å². The number of amides is 1. The maximum atomic E-state index is 12.4. The maximum Gasteiger partial charge on any atom is 0.266 e. The summed E-state index contributed by atoms with van der Waals surface area (Å²) < 4.78 is 5.70. The molecule has 1 amide bonds. The summed E-state index contributed by atoms with van der Waals surface area (Å²) in [6.45, 7) is 3.80. The number of hydrogen-bond acceptors (Lipinski definition) is 3. The molecule has 0 aliphatic heterocycles. The first-order valence-electron chi connectivity index (χ1n) is 7.54. The Morgan fingerprint density at radius 2 is 1.96 bits per heavy atom. The number of nitrogens with zero attached hydrogens (tertiary/aromatic N) is 1. The Morgan fingerprint density at radius 1 is 1.24 bits per heavy atom. The lowest BCUT2D eigenvalue weighted by Gasteiger charge is -2.12. The Hall–Kier alpha value is -2.48. The smallest absolute Gasteiger partial charge is 0.266 e. The van der Waals surface area contributed by atoms with E-state index in [-0.39, 0.29) is 11.7 Å². The van der Waals surface area contributed by atoms with Crippen LogP contribution in [-0.2, 0) is 4.79 Å². The molecule has 0 spiro atoms. The molecule has 6 heteroatoms. The molecule has 0 aliphatic rings. The van der Waals surface area contributed by atoms with Crippen LogP contribution in [0.15, 0.2) is 48.0 Å². The number of nitriles is 1. The molecule has 0 heterocycles. The number of carbonyl (C=O) groups is 1. The normalized spacial score (nSPS) is 11.1. The number of halogens is 2. The summed E-state index contributed by atoms with van der Waals surface area (Å²) in [7, 11) is 0. The molecule has 128 valence electrons. The van der Waals surface area contributed by atoms with E-state index >= 15 is 0 Å². The van der Waals surface area contributed by atoms with Gasteiger partial charge in [0.15, 0.2) is 0 Å². The zero-order chi connectivity index (χ0) is 18.4. The van der Waals surface area contributed by atoms with E-state index in [2.05, 4.69) is 5.32 Å². The molecule has 0 saturated heterocycles. The predicted octanol–water partition coefficient (Wildman–Crippen LogP) is 5.33. The molecule has 0 saturated carbocycles. The Balaban J connectivity index is 2.30. The topological polar surface area (TPSA) is 62.1 Å². The quantitative estimate of drug-likeness (QED) is 0.568. The fourth-order valence-electron chi connectivity index (χ4n) is 2.05. The first kappa shape index (κ1) is 18.9. The van der Waals surface area contributed by atoms with E-state index in [0.717, 1.165) is 0 Å². The summed E-state index contributed by atoms with van der Waals surface area (Å²) >= 11 is 11.9. The Labute approximate surface area is 156 Å². The molecule has 0 radical (unpaired) electrons. The van der Waals surface area contributed by atoms with Crippen LogP contribution < -0.4 is 10.1 Å². The van der Waals surface area contributed by atoms with Gasteiger partial charge in [0.05, 0.1) is 16.8 Å². The van der Waals surface area contributed by atoms with Crippen LogP contribution in [0.2, 0.25) is 10.0 Å². The van der Waals surface area contributed by atoms with Gasteiger partial charge in [-0.3, -0.25) is 4.79 Å². The zero-order valence-corrected chi connectivity index (χ0v) is 15.2. The monoisotopic (exact) mass is 374 g/mol. The molecule has 0 fully saturated rings. The second-order valence-electron chi connectivity index (χ2n) is 5.45. The van der Waals surface area contributed by atoms with Crippen molar-refractivity contribution in [2.24, 2.45) is 0 Å². The number of benzene rings is 2. The Morgan fingerprint density at radius 3 is 2.64 bits per heavy atom. The van der Waals surface area contributed by atoms with Crippen molar-refractivity contribution in [3.8, 4) is 11.8 Å². The first-order chi connectivity index (χ1) is 11.9. The lowest BCUT2D eigenvalue weighted by Crippen LogP contribution is -2.14. The minimum absolute atomic E-state index is 0.0285. The highest BCUT2D eigenvalue weighted by Crippen LogP contribution is 2.27. The molecule has 25 heavy (non-hydrogen) atoms. The largest absolute Gasteiger partial charge is 0.490 e. The summed E-state index contributed by atoms with van der Waals surface area (Å²) in [6, 6.07) is 13.8. The van der Waals surface area contributed by atoms with Crippen molar-refractivity contribution in [2.45, 2.75) is 20.0 Å². The molecular weight excluding hydrogens is 359 g/mol. The third-order valence-corrected chi connectivity index (χ3v) is 3.69. The third-order valence-electron chi connectivity index (χ3n) is 3.12. The van der Waals surface area contributed by atoms with Gasteiger partial charge in [-0.05, 0) is 44.2 Å². The van der Waals surface area contributed by atoms with E-state index in [1.54, 1.807) is 30.3 Å². The predicted molar refractivity (Wildman–Crippen MR) is 101 cm³/mol. The van der Waals surface area contributed by atoms with Gasteiger partial charge in [0, 0.05) is 10.6 Å². The second kappa shape index (κ2) is 8.57. The highest BCUT2D eigenvalue weighted by atomic mass is 35.5. The second-order valence-corrected chi connectivity index (χ2v) is 6.30. The minimum atomic E-state index is -0.578. The summed E-state index contributed by atoms with van der Waals surface area (Å²) in [5.41, 5.74) is 0.906. The van der Waals surface area contributed by atoms with Crippen LogP contribution in [0.3, 0.4) is 0 Å². The molecule has 0 aliphatic carbocycles. The van der Waals surface area contributed by atoms with Crippen molar-refractivity contribution in [2.75, 3.05) is 5.32 Å². The number of carbonyl (C=O) groups excluding carboxylic acids is 1. The van der Waals surface area contributed by atoms with Crippen molar-refractivity contribution < 1.29 is 9.53 Å². The number of rotatable bonds is 5. The minimum Gasteiger partial charge on any atom is -0.490 e. The molecular formula is C19H16Cl2N2O2. The molecule has 0 unspecified atom stereocenters. The van der Waals surface area contributed by atoms with E-state index in [1.807, 2.05) is 26.0 Å². The van der Waals surface area contributed by atoms with Crippen LogP contribution in [-0.4, -0.2) is 12.0 Å². The molecule has 4 nitrogen and oxygen atoms in total. The van der Waals surface area contributed by atoms with Gasteiger partial charge < -0.3 is 10.1 Å². The van der Waals surface area contributed by atoms with E-state index < -0.39 is 5.91 Å². The Bertz CT molecular complexity index is 855. The molecule has 2 rings (SSSR count). The summed E-state index contributed by atoms with van der Waals surface area (Å²) in [4.78, 5) is 12.4. The lowest BCUT2D eigenvalue weighted by atomic mass is 10.1. The summed E-state index contributed by atoms with van der Waals surface area (Å²) in [5.74, 6) is 0.0184. The van der Waals surface area contributed by atoms with Gasteiger partial charge in [0.2, 0.25) is 0 Å². The van der Waals surface area contributed by atoms with E-state index in [1.165, 1.54) is 12.1 Å². The average Bonchev–Trinajstić information content (AvgIpc) is 2.56. The fourth-order valence-corrected chi connectivity index (χ4v) is 2.38. The Kier molecular flexibility index (Phi) is 6.46. The van der Waals surface area contributed by atoms with Crippen LogP contribution in [0.5, 0.6) is 5.75 Å². The van der Waals surface area contributed by atoms with E-state index in [9.17, 15) is 10.1 Å². The number of anilines is 1. The molecule has 2 aromatic rings. The molecule has 0 bridgehead atoms. The number of ether oxygens (including phenoxy) is 1. The fraction of sp³-hybridized carbons (Fsp3) is 0.158. The highest BCUT2D eigenvalue weighted by molar-refractivity contribution is 6.36. The van der Waals surface area contributed by atoms with E-state index in [0.29, 0.717) is 27.0 Å². The zero-order valence-electron chi connectivity index (χ0n) is 13.7. The van der Waals surface area contributed by atoms with Crippen molar-refractivity contribution >= 4 is 40.9 Å². The third kappa shape index (κ3) is 5.25. The number of para-hydroxylation sites is 1. The van der Waals surface area contributed by atoms with Gasteiger partial charge in [-0.15, -0.1) is 0 Å². The van der Waals surface area contributed by atoms with Crippen LogP contribution in [0.4, 0.5) is 5.69 Å². The van der Waals surface area contributed by atoms with Gasteiger partial charge in [0.25, 0.3) is 5.91 Å². The molecule has 0 atom stereocenters. The van der Waals surface area contributed by atoms with Gasteiger partial charge in [-0.2, -0.15) is 5.26 Å². The van der Waals surface area contributed by atoms with E-state index in [4.69, 9.17) is 27.9 Å². The SMILES string of the molecule is CC(C)Oc1ccccc1/C=C(/C#N)C(=O)Nc1cc(Cl)ccc1Cl. The van der Waals surface area contributed by atoms with Crippen LogP contribution in [0.25, 0.3) is 6.08 Å². The summed E-state index contributed by atoms with van der Waals surface area (Å²) in [5, 5.41) is 12.7. The van der Waals surface area contributed by atoms with Gasteiger partial charge in [0.1, 0.15) is 17.4 Å². The summed E-state index contributed by atoms with van der Waals surface area (Å²) in [6.07, 6.45) is 1.45. The number of hydrogen-bond donors (Lipinski definition) is 1.